The maximum atomic E-state index is 14.2. The van der Waals surface area contributed by atoms with Crippen molar-refractivity contribution in [3.8, 4) is 5.75 Å². The van der Waals surface area contributed by atoms with Crippen LogP contribution in [0.15, 0.2) is 128 Å². The maximum absolute atomic E-state index is 14.2. The molecule has 0 radical (unpaired) electrons. The standard InChI is InChI=1S/C49H46BrN3O3/c1-7-34-23-25-35(26-24-34)31-55-45-29-36(53(50)10-4)27-28-42(45)49(41-20-14-11-17-37(41)48(54)56-49)30-40(46-32(5)51(8-2)43-21-15-12-18-38(43)46)47-33(6)52(9-3)44-22-16-13-19-39(44)47/h7,11-30H,1,8-10,31H2,2-6H3. The molecule has 1 unspecified atom stereocenters. The summed E-state index contributed by atoms with van der Waals surface area (Å²) in [5.74, 6) is 0.246. The van der Waals surface area contributed by atoms with Crippen LogP contribution in [0.25, 0.3) is 33.5 Å². The number of rotatable bonds is 12. The van der Waals surface area contributed by atoms with E-state index < -0.39 is 5.60 Å². The van der Waals surface area contributed by atoms with Crippen LogP contribution in [0.1, 0.15) is 75.9 Å². The second kappa shape index (κ2) is 15.0. The van der Waals surface area contributed by atoms with E-state index in [2.05, 4.69) is 145 Å². The second-order valence-corrected chi connectivity index (χ2v) is 15.1. The van der Waals surface area contributed by atoms with Crippen molar-refractivity contribution in [2.75, 3.05) is 10.5 Å². The lowest BCUT2D eigenvalue weighted by molar-refractivity contribution is 0.0268. The summed E-state index contributed by atoms with van der Waals surface area (Å²) in [4.78, 5) is 14.2. The van der Waals surface area contributed by atoms with Crippen LogP contribution < -0.4 is 8.66 Å². The van der Waals surface area contributed by atoms with Gasteiger partial charge in [-0.15, -0.1) is 0 Å². The molecular formula is C49H46BrN3O3. The number of aromatic nitrogens is 2. The number of anilines is 1. The smallest absolute Gasteiger partial charge is 0.340 e. The molecule has 1 aliphatic rings. The Bertz CT molecular complexity index is 2580. The first kappa shape index (κ1) is 37.1. The van der Waals surface area contributed by atoms with Gasteiger partial charge in [-0.2, -0.15) is 0 Å². The number of carbonyl (C=O) groups is 1. The SMILES string of the molecule is C=Cc1ccc(COc2cc(N(Br)CC)ccc2C2(C=C(c3c(C)n(CC)c4ccccc34)c3c(C)n(CC)c4ccccc34)OC(=O)c3ccccc32)cc1. The number of esters is 1. The molecule has 1 aliphatic heterocycles. The van der Waals surface area contributed by atoms with E-state index in [0.29, 0.717) is 17.9 Å². The molecule has 0 amide bonds. The Kier molecular flexibility index (Phi) is 9.98. The Labute approximate surface area is 337 Å². The molecule has 7 aromatic rings. The second-order valence-electron chi connectivity index (χ2n) is 14.3. The molecule has 0 aliphatic carbocycles. The van der Waals surface area contributed by atoms with E-state index in [1.54, 1.807) is 0 Å². The fourth-order valence-corrected chi connectivity index (χ4v) is 8.86. The summed E-state index contributed by atoms with van der Waals surface area (Å²) in [5, 5.41) is 2.29. The molecule has 0 N–H and O–H groups in total. The summed E-state index contributed by atoms with van der Waals surface area (Å²) >= 11 is 3.74. The maximum Gasteiger partial charge on any atom is 0.340 e. The molecule has 0 saturated carbocycles. The third-order valence-electron chi connectivity index (χ3n) is 11.3. The Balaban J connectivity index is 1.48. The lowest BCUT2D eigenvalue weighted by Gasteiger charge is -2.31. The van der Waals surface area contributed by atoms with Crippen LogP contribution in [0, 0.1) is 13.8 Å². The van der Waals surface area contributed by atoms with Gasteiger partial charge in [0.05, 0.1) is 11.3 Å². The molecule has 6 nitrogen and oxygen atoms in total. The van der Waals surface area contributed by atoms with Gasteiger partial charge in [0.2, 0.25) is 0 Å². The van der Waals surface area contributed by atoms with Crippen molar-refractivity contribution in [3.63, 3.8) is 0 Å². The number of para-hydroxylation sites is 2. The molecule has 282 valence electrons. The molecule has 8 rings (SSSR count). The van der Waals surface area contributed by atoms with Crippen molar-refractivity contribution >= 4 is 61.3 Å². The first-order valence-electron chi connectivity index (χ1n) is 19.4. The minimum atomic E-state index is -1.35. The van der Waals surface area contributed by atoms with E-state index in [0.717, 1.165) is 97.5 Å². The van der Waals surface area contributed by atoms with Gasteiger partial charge in [-0.25, -0.2) is 4.79 Å². The first-order chi connectivity index (χ1) is 27.2. The quantitative estimate of drug-likeness (QED) is 0.0912. The van der Waals surface area contributed by atoms with Gasteiger partial charge in [0.25, 0.3) is 0 Å². The third-order valence-corrected chi connectivity index (χ3v) is 12.2. The number of benzene rings is 5. The predicted molar refractivity (Wildman–Crippen MR) is 234 cm³/mol. The van der Waals surface area contributed by atoms with Gasteiger partial charge in [0.15, 0.2) is 5.60 Å². The molecule has 0 spiro atoms. The zero-order chi connectivity index (χ0) is 39.1. The van der Waals surface area contributed by atoms with Crippen molar-refractivity contribution < 1.29 is 14.3 Å². The number of cyclic esters (lactones) is 1. The summed E-state index contributed by atoms with van der Waals surface area (Å²) < 4.78 is 20.5. The Morgan fingerprint density at radius 2 is 1.38 bits per heavy atom. The van der Waals surface area contributed by atoms with Crippen molar-refractivity contribution in [1.29, 1.82) is 0 Å². The molecule has 56 heavy (non-hydrogen) atoms. The Morgan fingerprint density at radius 1 is 0.786 bits per heavy atom. The minimum absolute atomic E-state index is 0.316. The van der Waals surface area contributed by atoms with Gasteiger partial charge < -0.3 is 22.5 Å². The van der Waals surface area contributed by atoms with E-state index in [1.165, 1.54) is 0 Å². The van der Waals surface area contributed by atoms with Crippen molar-refractivity contribution in [1.82, 2.24) is 9.13 Å². The van der Waals surface area contributed by atoms with Crippen LogP contribution in [-0.4, -0.2) is 21.6 Å². The van der Waals surface area contributed by atoms with Crippen LogP contribution in [-0.2, 0) is 30.0 Å². The summed E-state index contributed by atoms with van der Waals surface area (Å²) in [6.45, 7) is 17.5. The zero-order valence-corrected chi connectivity index (χ0v) is 34.2. The van der Waals surface area contributed by atoms with Gasteiger partial charge in [-0.3, -0.25) is 0 Å². The van der Waals surface area contributed by atoms with Gasteiger partial charge >= 0.3 is 5.97 Å². The monoisotopic (exact) mass is 803 g/mol. The predicted octanol–water partition coefficient (Wildman–Crippen LogP) is 12.2. The lowest BCUT2D eigenvalue weighted by Crippen LogP contribution is -2.27. The first-order valence-corrected chi connectivity index (χ1v) is 20.1. The molecule has 7 heteroatoms. The summed E-state index contributed by atoms with van der Waals surface area (Å²) in [6.07, 6.45) is 4.05. The average Bonchev–Trinajstić information content (AvgIpc) is 3.81. The van der Waals surface area contributed by atoms with Crippen LogP contribution in [0.4, 0.5) is 5.69 Å². The van der Waals surface area contributed by atoms with Gasteiger partial charge in [0.1, 0.15) is 12.4 Å². The van der Waals surface area contributed by atoms with Gasteiger partial charge in [-0.05, 0) is 87.7 Å². The average molecular weight is 805 g/mol. The number of hydrogen-bond acceptors (Lipinski definition) is 4. The van der Waals surface area contributed by atoms with Crippen LogP contribution >= 0.6 is 16.1 Å². The largest absolute Gasteiger partial charge is 0.488 e. The Morgan fingerprint density at radius 3 is 1.96 bits per heavy atom. The lowest BCUT2D eigenvalue weighted by atomic mass is 9.80. The summed E-state index contributed by atoms with van der Waals surface area (Å²) in [5.41, 5.74) is 11.5. The minimum Gasteiger partial charge on any atom is -0.488 e. The fraction of sp³-hybridized carbons (Fsp3) is 0.204. The van der Waals surface area contributed by atoms with Crippen molar-refractivity contribution in [2.24, 2.45) is 0 Å². The molecule has 5 aromatic carbocycles. The number of fused-ring (bicyclic) bond motifs is 3. The normalized spacial score (nSPS) is 14.9. The third kappa shape index (κ3) is 6.06. The van der Waals surface area contributed by atoms with Gasteiger partial charge in [0, 0.05) is 97.3 Å². The van der Waals surface area contributed by atoms with Gasteiger partial charge in [-0.1, -0.05) is 91.5 Å². The zero-order valence-electron chi connectivity index (χ0n) is 32.6. The highest BCUT2D eigenvalue weighted by atomic mass is 79.9. The van der Waals surface area contributed by atoms with Crippen LogP contribution in [0.5, 0.6) is 5.75 Å². The number of ether oxygens (including phenoxy) is 2. The molecular weight excluding hydrogens is 758 g/mol. The molecule has 2 aromatic heterocycles. The topological polar surface area (TPSA) is 48.6 Å². The van der Waals surface area contributed by atoms with E-state index in [-0.39, 0.29) is 5.97 Å². The van der Waals surface area contributed by atoms with Crippen LogP contribution in [0.3, 0.4) is 0 Å². The molecule has 3 heterocycles. The molecule has 1 atom stereocenters. The number of carbonyl (C=O) groups excluding carboxylic acids is 1. The highest BCUT2D eigenvalue weighted by molar-refractivity contribution is 9.10. The number of aryl methyl sites for hydroxylation is 2. The van der Waals surface area contributed by atoms with E-state index >= 15 is 0 Å². The fourth-order valence-electron chi connectivity index (χ4n) is 8.64. The molecule has 0 saturated heterocycles. The van der Waals surface area contributed by atoms with E-state index in [1.807, 2.05) is 52.5 Å². The highest BCUT2D eigenvalue weighted by Gasteiger charge is 2.48. The van der Waals surface area contributed by atoms with Crippen LogP contribution in [0.2, 0.25) is 0 Å². The number of hydrogen-bond donors (Lipinski definition) is 0. The molecule has 0 fully saturated rings. The number of nitrogens with zero attached hydrogens (tertiary/aromatic N) is 3. The van der Waals surface area contributed by atoms with Crippen molar-refractivity contribution in [2.45, 2.75) is 59.9 Å². The summed E-state index contributed by atoms with van der Waals surface area (Å²) in [6, 6.07) is 39.4. The number of halogens is 1. The van der Waals surface area contributed by atoms with E-state index in [9.17, 15) is 4.79 Å². The van der Waals surface area contributed by atoms with Crippen molar-refractivity contribution in [3.05, 3.63) is 178 Å². The summed E-state index contributed by atoms with van der Waals surface area (Å²) in [7, 11) is 0. The molecule has 0 bridgehead atoms. The Hall–Kier alpha value is -5.79. The van der Waals surface area contributed by atoms with E-state index in [4.69, 9.17) is 9.47 Å². The highest BCUT2D eigenvalue weighted by Crippen LogP contribution is 2.51.